The Labute approximate surface area is 210 Å². The minimum atomic E-state index is -4.26. The number of aromatic nitrogens is 4. The molecule has 12 heteroatoms. The van der Waals surface area contributed by atoms with Crippen molar-refractivity contribution in [3.05, 3.63) is 71.0 Å². The molecule has 2 N–H and O–H groups in total. The second-order valence-corrected chi connectivity index (χ2v) is 8.73. The van der Waals surface area contributed by atoms with Gasteiger partial charge in [0.15, 0.2) is 11.6 Å². The van der Waals surface area contributed by atoms with Crippen molar-refractivity contribution in [1.29, 1.82) is 0 Å². The fourth-order valence-electron chi connectivity index (χ4n) is 3.96. The summed E-state index contributed by atoms with van der Waals surface area (Å²) < 4.78 is 39.6. The van der Waals surface area contributed by atoms with Crippen LogP contribution in [0.5, 0.6) is 0 Å². The predicted octanol–water partition coefficient (Wildman–Crippen LogP) is 5.06. The van der Waals surface area contributed by atoms with E-state index < -0.39 is 18.0 Å². The number of aliphatic imine (C=N–C) groups is 1. The second-order valence-electron chi connectivity index (χ2n) is 8.29. The van der Waals surface area contributed by atoms with Gasteiger partial charge in [0.05, 0.1) is 18.3 Å². The highest BCUT2D eigenvalue weighted by molar-refractivity contribution is 6.30. The van der Waals surface area contributed by atoms with Crippen LogP contribution in [0.4, 0.5) is 24.8 Å². The average Bonchev–Trinajstić information content (AvgIpc) is 3.38. The molecule has 1 unspecified atom stereocenters. The highest BCUT2D eigenvalue weighted by atomic mass is 35.5. The molecule has 3 heterocycles. The van der Waals surface area contributed by atoms with Crippen LogP contribution >= 0.6 is 11.6 Å². The molecule has 3 aromatic rings. The molecule has 0 saturated heterocycles. The molecular weight excluding hydrogens is 495 g/mol. The molecule has 0 aliphatic carbocycles. The maximum absolute atomic E-state index is 13.2. The normalized spacial score (nSPS) is 17.3. The summed E-state index contributed by atoms with van der Waals surface area (Å²) in [6.07, 6.45) is 1.08. The highest BCUT2D eigenvalue weighted by Crippen LogP contribution is 2.45. The summed E-state index contributed by atoms with van der Waals surface area (Å²) in [5.41, 5.74) is -0.0770. The Morgan fingerprint density at radius 3 is 2.72 bits per heavy atom. The number of carbonyl (C=O) groups excluding carboxylic acids is 1. The Balaban J connectivity index is 1.67. The number of nitrogens with zero attached hydrogens (tertiary/aromatic N) is 5. The van der Waals surface area contributed by atoms with Crippen molar-refractivity contribution >= 4 is 41.6 Å². The van der Waals surface area contributed by atoms with Gasteiger partial charge < -0.3 is 15.2 Å². The first-order chi connectivity index (χ1) is 17.1. The fourth-order valence-corrected chi connectivity index (χ4v) is 4.08. The molecule has 188 valence electrons. The van der Waals surface area contributed by atoms with Crippen LogP contribution in [0.1, 0.15) is 42.5 Å². The first-order valence-corrected chi connectivity index (χ1v) is 11.4. The van der Waals surface area contributed by atoms with Crippen LogP contribution in [0.25, 0.3) is 6.20 Å². The summed E-state index contributed by atoms with van der Waals surface area (Å²) in [5, 5.41) is 6.29. The third-order valence-corrected chi connectivity index (χ3v) is 6.08. The van der Waals surface area contributed by atoms with E-state index >= 15 is 0 Å². The summed E-state index contributed by atoms with van der Waals surface area (Å²) in [5.74, 6) is 1.06. The molecule has 1 aliphatic heterocycles. The van der Waals surface area contributed by atoms with E-state index in [2.05, 4.69) is 37.2 Å². The van der Waals surface area contributed by atoms with E-state index in [4.69, 9.17) is 11.6 Å². The van der Waals surface area contributed by atoms with Crippen molar-refractivity contribution in [3.63, 3.8) is 0 Å². The van der Waals surface area contributed by atoms with Gasteiger partial charge in [-0.15, -0.1) is 0 Å². The number of benzene rings is 1. The van der Waals surface area contributed by atoms with E-state index in [1.807, 2.05) is 0 Å². The number of halogens is 4. The monoisotopic (exact) mass is 517 g/mol. The number of imidazole rings is 1. The molecule has 0 spiro atoms. The second kappa shape index (κ2) is 10.1. The van der Waals surface area contributed by atoms with Gasteiger partial charge in [0.2, 0.25) is 5.91 Å². The number of rotatable bonds is 9. The van der Waals surface area contributed by atoms with Crippen LogP contribution in [-0.4, -0.2) is 44.4 Å². The van der Waals surface area contributed by atoms with Gasteiger partial charge >= 0.3 is 6.18 Å². The maximum atomic E-state index is 13.2. The van der Waals surface area contributed by atoms with Gasteiger partial charge in [0.1, 0.15) is 17.1 Å². The largest absolute Gasteiger partial charge is 0.389 e. The smallest absolute Gasteiger partial charge is 0.370 e. The van der Waals surface area contributed by atoms with E-state index in [1.54, 1.807) is 54.3 Å². The SMILES string of the molecule is C=Cn1ccnc1C=NCc1nc(NCCCC(F)(F)F)c2c(n1)NC(=O)C2(C)c1ccc(Cl)cc1. The number of hydrogen-bond donors (Lipinski definition) is 2. The van der Waals surface area contributed by atoms with E-state index in [-0.39, 0.29) is 42.9 Å². The molecule has 0 fully saturated rings. The van der Waals surface area contributed by atoms with Gasteiger partial charge in [-0.2, -0.15) is 13.2 Å². The first kappa shape index (κ1) is 25.4. The van der Waals surface area contributed by atoms with E-state index in [0.29, 0.717) is 22.0 Å². The Kier molecular flexibility index (Phi) is 7.11. The molecule has 0 bridgehead atoms. The summed E-state index contributed by atoms with van der Waals surface area (Å²) in [7, 11) is 0. The lowest BCUT2D eigenvalue weighted by molar-refractivity contribution is -0.134. The Bertz CT molecular complexity index is 1300. The highest BCUT2D eigenvalue weighted by Gasteiger charge is 2.47. The van der Waals surface area contributed by atoms with Crippen molar-refractivity contribution in [3.8, 4) is 0 Å². The number of carbonyl (C=O) groups is 1. The van der Waals surface area contributed by atoms with E-state index in [9.17, 15) is 18.0 Å². The Morgan fingerprint density at radius 1 is 1.28 bits per heavy atom. The van der Waals surface area contributed by atoms with E-state index in [1.165, 1.54) is 6.21 Å². The zero-order chi connectivity index (χ0) is 25.9. The van der Waals surface area contributed by atoms with Gasteiger partial charge in [0, 0.05) is 36.6 Å². The minimum absolute atomic E-state index is 0.00727. The Hall–Kier alpha value is -3.73. The lowest BCUT2D eigenvalue weighted by Crippen LogP contribution is -2.33. The number of nitrogens with one attached hydrogen (secondary N) is 2. The molecule has 36 heavy (non-hydrogen) atoms. The molecule has 1 amide bonds. The van der Waals surface area contributed by atoms with Crippen LogP contribution in [0.3, 0.4) is 0 Å². The van der Waals surface area contributed by atoms with Gasteiger partial charge in [-0.3, -0.25) is 9.79 Å². The zero-order valence-corrected chi connectivity index (χ0v) is 20.1. The molecule has 1 atom stereocenters. The quantitative estimate of drug-likeness (QED) is 0.305. The van der Waals surface area contributed by atoms with Crippen molar-refractivity contribution in [2.24, 2.45) is 4.99 Å². The zero-order valence-electron chi connectivity index (χ0n) is 19.3. The molecular formula is C24H23ClF3N7O. The minimum Gasteiger partial charge on any atom is -0.370 e. The first-order valence-electron chi connectivity index (χ1n) is 11.1. The molecule has 2 aromatic heterocycles. The van der Waals surface area contributed by atoms with Crippen LogP contribution in [0.2, 0.25) is 5.02 Å². The third kappa shape index (κ3) is 5.25. The van der Waals surface area contributed by atoms with Crippen LogP contribution in [-0.2, 0) is 16.8 Å². The predicted molar refractivity (Wildman–Crippen MR) is 132 cm³/mol. The number of fused-ring (bicyclic) bond motifs is 1. The summed E-state index contributed by atoms with van der Waals surface area (Å²) >= 11 is 6.02. The maximum Gasteiger partial charge on any atom is 0.389 e. The molecule has 8 nitrogen and oxygen atoms in total. The standard InChI is InChI=1S/C24H23ClF3N7O/c1-3-35-12-11-30-18(35)14-29-13-17-32-20(31-10-4-9-24(26,27)28)19-21(33-17)34-22(36)23(19,2)15-5-7-16(25)8-6-15/h3,5-8,11-12,14H,1,4,9-10,13H2,2H3,(H2,31,32,33,34,36). The third-order valence-electron chi connectivity index (χ3n) is 5.83. The number of amides is 1. The van der Waals surface area contributed by atoms with Gasteiger partial charge in [-0.05, 0) is 31.0 Å². The fraction of sp³-hybridized carbons (Fsp3) is 0.292. The number of alkyl halides is 3. The lowest BCUT2D eigenvalue weighted by atomic mass is 9.77. The van der Waals surface area contributed by atoms with Crippen molar-refractivity contribution in [2.75, 3.05) is 17.2 Å². The van der Waals surface area contributed by atoms with Crippen molar-refractivity contribution < 1.29 is 18.0 Å². The number of hydrogen-bond acceptors (Lipinski definition) is 6. The number of anilines is 2. The van der Waals surface area contributed by atoms with Crippen molar-refractivity contribution in [2.45, 2.75) is 37.9 Å². The van der Waals surface area contributed by atoms with Gasteiger partial charge in [0.25, 0.3) is 0 Å². The summed E-state index contributed by atoms with van der Waals surface area (Å²) in [6.45, 7) is 5.47. The van der Waals surface area contributed by atoms with E-state index in [0.717, 1.165) is 0 Å². The van der Waals surface area contributed by atoms with Gasteiger partial charge in [-0.1, -0.05) is 30.3 Å². The van der Waals surface area contributed by atoms with Crippen LogP contribution in [0, 0.1) is 0 Å². The Morgan fingerprint density at radius 2 is 2.03 bits per heavy atom. The lowest BCUT2D eigenvalue weighted by Gasteiger charge is -2.25. The summed E-state index contributed by atoms with van der Waals surface area (Å²) in [6, 6.07) is 6.79. The molecule has 1 aliphatic rings. The van der Waals surface area contributed by atoms with Crippen LogP contribution in [0.15, 0.2) is 48.2 Å². The average molecular weight is 518 g/mol. The summed E-state index contributed by atoms with van der Waals surface area (Å²) in [4.78, 5) is 30.7. The molecule has 0 radical (unpaired) electrons. The molecule has 4 rings (SSSR count). The topological polar surface area (TPSA) is 97.1 Å². The van der Waals surface area contributed by atoms with Gasteiger partial charge in [-0.25, -0.2) is 15.0 Å². The van der Waals surface area contributed by atoms with Crippen LogP contribution < -0.4 is 10.6 Å². The molecule has 1 aromatic carbocycles. The van der Waals surface area contributed by atoms with Crippen molar-refractivity contribution in [1.82, 2.24) is 19.5 Å². The molecule has 0 saturated carbocycles.